The Balaban J connectivity index is 1.88. The van der Waals surface area contributed by atoms with Gasteiger partial charge in [0.15, 0.2) is 0 Å². The Morgan fingerprint density at radius 3 is 2.61 bits per heavy atom. The molecule has 0 radical (unpaired) electrons. The van der Waals surface area contributed by atoms with Crippen molar-refractivity contribution in [3.63, 3.8) is 0 Å². The summed E-state index contributed by atoms with van der Waals surface area (Å²) >= 11 is 6.13. The quantitative estimate of drug-likeness (QED) is 0.689. The molecule has 148 valence electrons. The number of aryl methyl sites for hydroxylation is 1. The Bertz CT molecular complexity index is 1050. The van der Waals surface area contributed by atoms with Crippen molar-refractivity contribution in [1.82, 2.24) is 5.32 Å². The highest BCUT2D eigenvalue weighted by Gasteiger charge is 2.21. The zero-order valence-electron chi connectivity index (χ0n) is 15.4. The van der Waals surface area contributed by atoms with Crippen molar-refractivity contribution in [1.29, 1.82) is 0 Å². The van der Waals surface area contributed by atoms with Gasteiger partial charge in [-0.25, -0.2) is 8.42 Å². The van der Waals surface area contributed by atoms with Crippen molar-refractivity contribution in [2.24, 2.45) is 0 Å². The first kappa shape index (κ1) is 20.2. The summed E-state index contributed by atoms with van der Waals surface area (Å²) in [5.41, 5.74) is 1.77. The normalized spacial score (nSPS) is 13.6. The van der Waals surface area contributed by atoms with Crippen LogP contribution in [0.3, 0.4) is 0 Å². The van der Waals surface area contributed by atoms with Gasteiger partial charge in [0.2, 0.25) is 5.91 Å². The number of anilines is 2. The summed E-state index contributed by atoms with van der Waals surface area (Å²) in [6.45, 7) is 3.66. The van der Waals surface area contributed by atoms with Crippen molar-refractivity contribution in [2.45, 2.75) is 37.6 Å². The summed E-state index contributed by atoms with van der Waals surface area (Å²) in [5, 5.41) is 5.63. The lowest BCUT2D eigenvalue weighted by Gasteiger charge is -2.18. The van der Waals surface area contributed by atoms with E-state index in [9.17, 15) is 18.0 Å². The van der Waals surface area contributed by atoms with Crippen LogP contribution in [0, 0.1) is 0 Å². The molecule has 1 aliphatic heterocycles. The van der Waals surface area contributed by atoms with E-state index in [1.165, 1.54) is 30.3 Å². The molecule has 2 amide bonds. The van der Waals surface area contributed by atoms with Gasteiger partial charge in [-0.15, -0.1) is 0 Å². The van der Waals surface area contributed by atoms with Gasteiger partial charge in [-0.2, -0.15) is 0 Å². The molecule has 0 fully saturated rings. The molecule has 2 aromatic rings. The zero-order valence-corrected chi connectivity index (χ0v) is 16.9. The maximum atomic E-state index is 12.8. The molecule has 2 aromatic carbocycles. The van der Waals surface area contributed by atoms with Gasteiger partial charge in [0.1, 0.15) is 0 Å². The number of hydrogen-bond donors (Lipinski definition) is 3. The molecule has 28 heavy (non-hydrogen) atoms. The van der Waals surface area contributed by atoms with E-state index < -0.39 is 10.0 Å². The fourth-order valence-corrected chi connectivity index (χ4v) is 4.16. The molecule has 0 saturated heterocycles. The number of nitrogens with one attached hydrogen (secondary N) is 3. The molecule has 0 spiro atoms. The molecule has 3 rings (SSSR count). The monoisotopic (exact) mass is 421 g/mol. The maximum Gasteiger partial charge on any atom is 0.261 e. The first-order valence-electron chi connectivity index (χ1n) is 8.72. The average Bonchev–Trinajstić information content (AvgIpc) is 2.62. The topological polar surface area (TPSA) is 104 Å². The third-order valence-corrected chi connectivity index (χ3v) is 5.87. The van der Waals surface area contributed by atoms with Crippen molar-refractivity contribution in [3.8, 4) is 0 Å². The van der Waals surface area contributed by atoms with Crippen LogP contribution in [0.15, 0.2) is 41.3 Å². The van der Waals surface area contributed by atoms with Crippen LogP contribution in [-0.4, -0.2) is 26.3 Å². The van der Waals surface area contributed by atoms with Crippen molar-refractivity contribution in [2.75, 3.05) is 10.0 Å². The lowest BCUT2D eigenvalue weighted by molar-refractivity contribution is -0.116. The number of carbonyl (C=O) groups excluding carboxylic acids is 2. The molecule has 0 aliphatic carbocycles. The summed E-state index contributed by atoms with van der Waals surface area (Å²) in [6, 6.07) is 8.84. The van der Waals surface area contributed by atoms with Gasteiger partial charge in [0, 0.05) is 23.7 Å². The van der Waals surface area contributed by atoms with Gasteiger partial charge in [0.25, 0.3) is 15.9 Å². The summed E-state index contributed by atoms with van der Waals surface area (Å²) < 4.78 is 28.1. The van der Waals surface area contributed by atoms with Gasteiger partial charge >= 0.3 is 0 Å². The summed E-state index contributed by atoms with van der Waals surface area (Å²) in [5.74, 6) is -0.416. The van der Waals surface area contributed by atoms with Crippen LogP contribution in [-0.2, 0) is 21.2 Å². The van der Waals surface area contributed by atoms with E-state index in [0.717, 1.165) is 5.56 Å². The van der Waals surface area contributed by atoms with Gasteiger partial charge in [-0.3, -0.25) is 14.3 Å². The van der Waals surface area contributed by atoms with Crippen LogP contribution in [0.2, 0.25) is 5.02 Å². The van der Waals surface area contributed by atoms with Crippen LogP contribution < -0.4 is 15.4 Å². The minimum absolute atomic E-state index is 0.0514. The van der Waals surface area contributed by atoms with Gasteiger partial charge in [0.05, 0.1) is 15.6 Å². The fraction of sp³-hybridized carbons (Fsp3) is 0.263. The number of fused-ring (bicyclic) bond motifs is 1. The third-order valence-electron chi connectivity index (χ3n) is 4.18. The molecular formula is C19H20ClN3O4S. The largest absolute Gasteiger partial charge is 0.350 e. The standard InChI is InChI=1S/C19H20ClN3O4S/c1-11(2)21-19(25)13-3-6-15(20)17(10-13)23-28(26,27)14-5-7-16-12(9-14)4-8-18(24)22-16/h3,5-7,9-11,23H,4,8H2,1-2H3,(H,21,25)(H,22,24). The molecule has 0 atom stereocenters. The summed E-state index contributed by atoms with van der Waals surface area (Å²) in [4.78, 5) is 23.7. The Morgan fingerprint density at radius 2 is 1.89 bits per heavy atom. The Hall–Kier alpha value is -2.58. The van der Waals surface area contributed by atoms with Gasteiger partial charge in [-0.05, 0) is 62.2 Å². The van der Waals surface area contributed by atoms with Gasteiger partial charge < -0.3 is 10.6 Å². The van der Waals surface area contributed by atoms with E-state index in [0.29, 0.717) is 24.1 Å². The van der Waals surface area contributed by atoms with Crippen LogP contribution in [0.4, 0.5) is 11.4 Å². The smallest absolute Gasteiger partial charge is 0.261 e. The highest BCUT2D eigenvalue weighted by molar-refractivity contribution is 7.92. The summed E-state index contributed by atoms with van der Waals surface area (Å²) in [7, 11) is -3.93. The molecule has 0 saturated carbocycles. The molecule has 0 bridgehead atoms. The molecule has 0 unspecified atom stereocenters. The predicted molar refractivity (Wildman–Crippen MR) is 108 cm³/mol. The number of sulfonamides is 1. The van der Waals surface area contributed by atoms with Crippen molar-refractivity contribution in [3.05, 3.63) is 52.5 Å². The maximum absolute atomic E-state index is 12.8. The molecule has 7 nitrogen and oxygen atoms in total. The van der Waals surface area contributed by atoms with E-state index in [4.69, 9.17) is 11.6 Å². The zero-order chi connectivity index (χ0) is 20.5. The Labute approximate surface area is 168 Å². The number of halogens is 1. The molecule has 1 heterocycles. The second-order valence-electron chi connectivity index (χ2n) is 6.80. The van der Waals surface area contributed by atoms with E-state index in [2.05, 4.69) is 15.4 Å². The molecular weight excluding hydrogens is 402 g/mol. The second kappa shape index (κ2) is 7.81. The molecule has 1 aliphatic rings. The van der Waals surface area contributed by atoms with E-state index >= 15 is 0 Å². The lowest BCUT2D eigenvalue weighted by Crippen LogP contribution is -2.30. The van der Waals surface area contributed by atoms with Crippen molar-refractivity contribution < 1.29 is 18.0 Å². The number of hydrogen-bond acceptors (Lipinski definition) is 4. The van der Waals surface area contributed by atoms with Crippen LogP contribution in [0.1, 0.15) is 36.2 Å². The van der Waals surface area contributed by atoms with Gasteiger partial charge in [-0.1, -0.05) is 11.6 Å². The average molecular weight is 422 g/mol. The van der Waals surface area contributed by atoms with E-state index in [1.807, 2.05) is 13.8 Å². The highest BCUT2D eigenvalue weighted by atomic mass is 35.5. The molecule has 0 aromatic heterocycles. The minimum Gasteiger partial charge on any atom is -0.350 e. The van der Waals surface area contributed by atoms with Crippen molar-refractivity contribution >= 4 is 44.8 Å². The van der Waals surface area contributed by atoms with E-state index in [1.54, 1.807) is 6.07 Å². The number of benzene rings is 2. The summed E-state index contributed by atoms with van der Waals surface area (Å²) in [6.07, 6.45) is 0.777. The van der Waals surface area contributed by atoms with Crippen LogP contribution >= 0.6 is 11.6 Å². The molecule has 9 heteroatoms. The van der Waals surface area contributed by atoms with E-state index in [-0.39, 0.29) is 33.5 Å². The number of amides is 2. The lowest BCUT2D eigenvalue weighted by atomic mass is 10.0. The first-order valence-corrected chi connectivity index (χ1v) is 10.6. The van der Waals surface area contributed by atoms with Crippen LogP contribution in [0.5, 0.6) is 0 Å². The highest BCUT2D eigenvalue weighted by Crippen LogP contribution is 2.29. The number of rotatable bonds is 5. The fourth-order valence-electron chi connectivity index (χ4n) is 2.82. The molecule has 3 N–H and O–H groups in total. The first-order chi connectivity index (χ1) is 13.2. The third kappa shape index (κ3) is 4.45. The predicted octanol–water partition coefficient (Wildman–Crippen LogP) is 3.16. The van der Waals surface area contributed by atoms with Crippen LogP contribution in [0.25, 0.3) is 0 Å². The number of carbonyl (C=O) groups is 2. The minimum atomic E-state index is -3.93. The SMILES string of the molecule is CC(C)NC(=O)c1ccc(Cl)c(NS(=O)(=O)c2ccc3c(c2)CCC(=O)N3)c1. The Morgan fingerprint density at radius 1 is 1.14 bits per heavy atom. The Kier molecular flexibility index (Phi) is 5.62. The second-order valence-corrected chi connectivity index (χ2v) is 8.89.